The molecule has 0 radical (unpaired) electrons. The summed E-state index contributed by atoms with van der Waals surface area (Å²) in [5.74, 6) is -1.61. The van der Waals surface area contributed by atoms with Crippen LogP contribution in [0, 0.1) is 11.6 Å². The molecule has 0 saturated carbocycles. The number of carbonyl (C=O) groups excluding carboxylic acids is 2. The number of nitrogens with one attached hydrogen (secondary N) is 1. The number of rotatable bonds is 11. The summed E-state index contributed by atoms with van der Waals surface area (Å²) in [5, 5.41) is 1.08. The van der Waals surface area contributed by atoms with E-state index in [1.165, 1.54) is 42.3 Å². The zero-order valence-electron chi connectivity index (χ0n) is 20.6. The van der Waals surface area contributed by atoms with Gasteiger partial charge in [0.05, 0.1) is 6.61 Å². The van der Waals surface area contributed by atoms with Gasteiger partial charge in [0.1, 0.15) is 18.2 Å². The lowest BCUT2D eigenvalue weighted by molar-refractivity contribution is -0.132. The maximum Gasteiger partial charge on any atom is 0.254 e. The van der Waals surface area contributed by atoms with E-state index in [0.717, 1.165) is 28.1 Å². The molecule has 0 aliphatic heterocycles. The van der Waals surface area contributed by atoms with E-state index in [2.05, 4.69) is 4.98 Å². The van der Waals surface area contributed by atoms with Crippen LogP contribution in [0.15, 0.2) is 79.0 Å². The fraction of sp³-hybridized carbons (Fsp3) is 0.241. The fourth-order valence-corrected chi connectivity index (χ4v) is 4.22. The second kappa shape index (κ2) is 12.3. The minimum absolute atomic E-state index is 0.160. The van der Waals surface area contributed by atoms with Crippen LogP contribution in [-0.2, 0) is 22.5 Å². The standard InChI is InChI=1S/C29H29F2N3O3/c1-37-16-15-34(29(36)22-5-4-6-25(31)17-22)20-28(35)33(19-21-9-11-24(30)12-10-21)14-13-23-18-32-27-8-3-2-7-26(23)27/h2-12,17-18,32H,13-16,19-20H2,1H3. The van der Waals surface area contributed by atoms with E-state index in [1.54, 1.807) is 17.0 Å². The largest absolute Gasteiger partial charge is 0.383 e. The second-order valence-corrected chi connectivity index (χ2v) is 8.78. The summed E-state index contributed by atoms with van der Waals surface area (Å²) in [5.41, 5.74) is 3.02. The maximum atomic E-state index is 13.8. The van der Waals surface area contributed by atoms with E-state index in [9.17, 15) is 18.4 Å². The van der Waals surface area contributed by atoms with Gasteiger partial charge in [0.25, 0.3) is 5.91 Å². The number of fused-ring (bicyclic) bond motifs is 1. The smallest absolute Gasteiger partial charge is 0.254 e. The Morgan fingerprint density at radius 3 is 2.43 bits per heavy atom. The third kappa shape index (κ3) is 6.80. The van der Waals surface area contributed by atoms with Crippen LogP contribution in [0.3, 0.4) is 0 Å². The molecule has 0 spiro atoms. The molecular formula is C29H29F2N3O3. The number of hydrogen-bond acceptors (Lipinski definition) is 3. The van der Waals surface area contributed by atoms with Crippen molar-refractivity contribution in [3.8, 4) is 0 Å². The first-order valence-electron chi connectivity index (χ1n) is 12.1. The molecule has 4 aromatic rings. The Morgan fingerprint density at radius 2 is 1.68 bits per heavy atom. The van der Waals surface area contributed by atoms with Crippen LogP contribution < -0.4 is 0 Å². The summed E-state index contributed by atoms with van der Waals surface area (Å²) in [7, 11) is 1.51. The molecule has 3 aromatic carbocycles. The van der Waals surface area contributed by atoms with Gasteiger partial charge in [-0.25, -0.2) is 8.78 Å². The molecule has 1 N–H and O–H groups in total. The lowest BCUT2D eigenvalue weighted by Crippen LogP contribution is -2.44. The number of aromatic amines is 1. The molecule has 0 aliphatic rings. The van der Waals surface area contributed by atoms with E-state index in [1.807, 2.05) is 30.5 Å². The lowest BCUT2D eigenvalue weighted by Gasteiger charge is -2.28. The Kier molecular flexibility index (Phi) is 8.64. The zero-order chi connectivity index (χ0) is 26.2. The normalized spacial score (nSPS) is 11.0. The van der Waals surface area contributed by atoms with E-state index >= 15 is 0 Å². The summed E-state index contributed by atoms with van der Waals surface area (Å²) in [6.45, 7) is 0.845. The molecule has 1 aromatic heterocycles. The van der Waals surface area contributed by atoms with Gasteiger partial charge in [-0.3, -0.25) is 9.59 Å². The van der Waals surface area contributed by atoms with E-state index < -0.39 is 11.7 Å². The topological polar surface area (TPSA) is 65.6 Å². The first-order chi connectivity index (χ1) is 17.9. The number of hydrogen-bond donors (Lipinski definition) is 1. The Morgan fingerprint density at radius 1 is 0.892 bits per heavy atom. The summed E-state index contributed by atoms with van der Waals surface area (Å²) in [4.78, 5) is 33.0. The molecule has 1 heterocycles. The number of H-pyrrole nitrogens is 1. The predicted octanol–water partition coefficient (Wildman–Crippen LogP) is 4.81. The number of benzene rings is 3. The maximum absolute atomic E-state index is 13.8. The van der Waals surface area contributed by atoms with Gasteiger partial charge in [0, 0.05) is 49.4 Å². The SMILES string of the molecule is COCCN(CC(=O)N(CCc1c[nH]c2ccccc12)Cc1ccc(F)cc1)C(=O)c1cccc(F)c1. The van der Waals surface area contributed by atoms with Crippen molar-refractivity contribution < 1.29 is 23.1 Å². The van der Waals surface area contributed by atoms with Gasteiger partial charge in [-0.2, -0.15) is 0 Å². The number of carbonyl (C=O) groups is 2. The number of ether oxygens (including phenoxy) is 1. The van der Waals surface area contributed by atoms with Crippen LogP contribution in [0.1, 0.15) is 21.5 Å². The van der Waals surface area contributed by atoms with Gasteiger partial charge in [-0.05, 0) is 53.9 Å². The number of methoxy groups -OCH3 is 1. The summed E-state index contributed by atoms with van der Waals surface area (Å²) < 4.78 is 32.4. The quantitative estimate of drug-likeness (QED) is 0.318. The molecule has 0 bridgehead atoms. The van der Waals surface area contributed by atoms with Crippen LogP contribution in [0.2, 0.25) is 0 Å². The fourth-order valence-electron chi connectivity index (χ4n) is 4.22. The first-order valence-corrected chi connectivity index (χ1v) is 12.1. The van der Waals surface area contributed by atoms with Gasteiger partial charge < -0.3 is 19.5 Å². The molecular weight excluding hydrogens is 476 g/mol. The highest BCUT2D eigenvalue weighted by Gasteiger charge is 2.23. The van der Waals surface area contributed by atoms with Crippen molar-refractivity contribution in [1.29, 1.82) is 0 Å². The third-order valence-electron chi connectivity index (χ3n) is 6.22. The highest BCUT2D eigenvalue weighted by molar-refractivity contribution is 5.96. The first kappa shape index (κ1) is 26.0. The van der Waals surface area contributed by atoms with E-state index in [4.69, 9.17) is 4.74 Å². The average molecular weight is 506 g/mol. The van der Waals surface area contributed by atoms with Gasteiger partial charge in [0.15, 0.2) is 0 Å². The average Bonchev–Trinajstić information content (AvgIpc) is 3.32. The van der Waals surface area contributed by atoms with Crippen LogP contribution >= 0.6 is 0 Å². The summed E-state index contributed by atoms with van der Waals surface area (Å²) in [6, 6.07) is 19.3. The van der Waals surface area contributed by atoms with Gasteiger partial charge >= 0.3 is 0 Å². The number of amides is 2. The molecule has 0 fully saturated rings. The Bertz CT molecular complexity index is 1350. The molecule has 0 unspecified atom stereocenters. The second-order valence-electron chi connectivity index (χ2n) is 8.78. The minimum Gasteiger partial charge on any atom is -0.383 e. The van der Waals surface area contributed by atoms with Crippen LogP contribution in [0.25, 0.3) is 10.9 Å². The highest BCUT2D eigenvalue weighted by atomic mass is 19.1. The molecule has 192 valence electrons. The van der Waals surface area contributed by atoms with Crippen molar-refractivity contribution in [3.05, 3.63) is 107 Å². The molecule has 8 heteroatoms. The van der Waals surface area contributed by atoms with Gasteiger partial charge in [0.2, 0.25) is 5.91 Å². The molecule has 0 aliphatic carbocycles. The van der Waals surface area contributed by atoms with Crippen LogP contribution in [0.5, 0.6) is 0 Å². The predicted molar refractivity (Wildman–Crippen MR) is 138 cm³/mol. The van der Waals surface area contributed by atoms with Crippen molar-refractivity contribution in [2.45, 2.75) is 13.0 Å². The van der Waals surface area contributed by atoms with Crippen molar-refractivity contribution >= 4 is 22.7 Å². The zero-order valence-corrected chi connectivity index (χ0v) is 20.6. The number of aromatic nitrogens is 1. The van der Waals surface area contributed by atoms with Gasteiger partial charge in [-0.1, -0.05) is 36.4 Å². The van der Waals surface area contributed by atoms with Crippen molar-refractivity contribution in [3.63, 3.8) is 0 Å². The number of nitrogens with zero attached hydrogens (tertiary/aromatic N) is 2. The molecule has 0 saturated heterocycles. The Balaban J connectivity index is 1.54. The Hall–Kier alpha value is -4.04. The third-order valence-corrected chi connectivity index (χ3v) is 6.22. The van der Waals surface area contributed by atoms with Crippen molar-refractivity contribution in [1.82, 2.24) is 14.8 Å². The molecule has 37 heavy (non-hydrogen) atoms. The van der Waals surface area contributed by atoms with Gasteiger partial charge in [-0.15, -0.1) is 0 Å². The van der Waals surface area contributed by atoms with Crippen LogP contribution in [0.4, 0.5) is 8.78 Å². The highest BCUT2D eigenvalue weighted by Crippen LogP contribution is 2.19. The van der Waals surface area contributed by atoms with Crippen molar-refractivity contribution in [2.24, 2.45) is 0 Å². The van der Waals surface area contributed by atoms with Crippen LogP contribution in [-0.4, -0.2) is 59.9 Å². The summed E-state index contributed by atoms with van der Waals surface area (Å²) >= 11 is 0. The van der Waals surface area contributed by atoms with Crippen molar-refractivity contribution in [2.75, 3.05) is 33.4 Å². The molecule has 4 rings (SSSR count). The number of para-hydroxylation sites is 1. The Labute approximate surface area is 214 Å². The molecule has 2 amide bonds. The van der Waals surface area contributed by atoms with E-state index in [-0.39, 0.29) is 43.5 Å². The molecule has 6 nitrogen and oxygen atoms in total. The van der Waals surface area contributed by atoms with E-state index in [0.29, 0.717) is 13.0 Å². The minimum atomic E-state index is -0.527. The number of halogens is 2. The monoisotopic (exact) mass is 505 g/mol. The molecule has 0 atom stereocenters. The summed E-state index contributed by atoms with van der Waals surface area (Å²) in [6.07, 6.45) is 2.52. The lowest BCUT2D eigenvalue weighted by atomic mass is 10.1.